The van der Waals surface area contributed by atoms with Gasteiger partial charge in [-0.3, -0.25) is 4.18 Å². The van der Waals surface area contributed by atoms with Gasteiger partial charge in [-0.15, -0.1) is 0 Å². The van der Waals surface area contributed by atoms with Gasteiger partial charge < -0.3 is 9.64 Å². The maximum atomic E-state index is 12.0. The van der Waals surface area contributed by atoms with E-state index in [2.05, 4.69) is 0 Å². The first-order valence-corrected chi connectivity index (χ1v) is 8.73. The summed E-state index contributed by atoms with van der Waals surface area (Å²) in [6.45, 7) is 6.63. The maximum Gasteiger partial charge on any atom is 0.410 e. The van der Waals surface area contributed by atoms with Crippen LogP contribution in [0.2, 0.25) is 0 Å². The van der Waals surface area contributed by atoms with E-state index < -0.39 is 15.7 Å². The van der Waals surface area contributed by atoms with Crippen LogP contribution in [0, 0.1) is 11.8 Å². The standard InChI is InChI=1S/C13H23NO5S/c1-13(2,3)18-12(15)14-7-9-5-6-11(10(9)8-14)19-20(4,16)17/h9-11H,5-8H2,1-4H3/t9-,10+,11-/m0/s1. The fourth-order valence-corrected chi connectivity index (χ4v) is 3.72. The van der Waals surface area contributed by atoms with Crippen molar-refractivity contribution in [2.45, 2.75) is 45.3 Å². The highest BCUT2D eigenvalue weighted by molar-refractivity contribution is 7.86. The zero-order valence-electron chi connectivity index (χ0n) is 12.5. The Hall–Kier alpha value is -0.820. The van der Waals surface area contributed by atoms with E-state index in [1.165, 1.54) is 0 Å². The minimum Gasteiger partial charge on any atom is -0.444 e. The number of ether oxygens (including phenoxy) is 1. The van der Waals surface area contributed by atoms with Gasteiger partial charge in [-0.05, 0) is 39.5 Å². The molecule has 1 aliphatic carbocycles. The van der Waals surface area contributed by atoms with Crippen molar-refractivity contribution in [2.75, 3.05) is 19.3 Å². The molecule has 2 aliphatic rings. The molecule has 0 bridgehead atoms. The minimum absolute atomic E-state index is 0.0947. The molecule has 3 atom stereocenters. The van der Waals surface area contributed by atoms with Crippen LogP contribution in [0.1, 0.15) is 33.6 Å². The summed E-state index contributed by atoms with van der Waals surface area (Å²) in [5, 5.41) is 0. The molecule has 1 saturated heterocycles. The highest BCUT2D eigenvalue weighted by Gasteiger charge is 2.46. The average molecular weight is 305 g/mol. The lowest BCUT2D eigenvalue weighted by Crippen LogP contribution is -2.36. The summed E-state index contributed by atoms with van der Waals surface area (Å²) in [7, 11) is -3.45. The van der Waals surface area contributed by atoms with Gasteiger partial charge >= 0.3 is 6.09 Å². The van der Waals surface area contributed by atoms with Crippen molar-refractivity contribution in [1.82, 2.24) is 4.90 Å². The van der Waals surface area contributed by atoms with Crippen LogP contribution in [0.3, 0.4) is 0 Å². The monoisotopic (exact) mass is 305 g/mol. The van der Waals surface area contributed by atoms with Crippen molar-refractivity contribution in [3.63, 3.8) is 0 Å². The molecule has 6 nitrogen and oxygen atoms in total. The van der Waals surface area contributed by atoms with Crippen LogP contribution in [0.5, 0.6) is 0 Å². The largest absolute Gasteiger partial charge is 0.444 e. The Morgan fingerprint density at radius 3 is 2.40 bits per heavy atom. The second kappa shape index (κ2) is 5.18. The van der Waals surface area contributed by atoms with Crippen LogP contribution in [0.15, 0.2) is 0 Å². The van der Waals surface area contributed by atoms with Gasteiger partial charge in [-0.2, -0.15) is 8.42 Å². The van der Waals surface area contributed by atoms with Gasteiger partial charge in [0.15, 0.2) is 0 Å². The molecule has 0 aromatic rings. The highest BCUT2D eigenvalue weighted by atomic mass is 32.2. The summed E-state index contributed by atoms with van der Waals surface area (Å²) in [4.78, 5) is 13.7. The molecule has 116 valence electrons. The van der Waals surface area contributed by atoms with Crippen molar-refractivity contribution in [1.29, 1.82) is 0 Å². The maximum absolute atomic E-state index is 12.0. The molecule has 0 spiro atoms. The van der Waals surface area contributed by atoms with Crippen molar-refractivity contribution in [2.24, 2.45) is 11.8 Å². The molecule has 1 amide bonds. The lowest BCUT2D eigenvalue weighted by molar-refractivity contribution is 0.0269. The number of amides is 1. The molecular formula is C13H23NO5S. The highest BCUT2D eigenvalue weighted by Crippen LogP contribution is 2.40. The van der Waals surface area contributed by atoms with Crippen molar-refractivity contribution in [3.05, 3.63) is 0 Å². The Morgan fingerprint density at radius 2 is 1.85 bits per heavy atom. The van der Waals surface area contributed by atoms with E-state index >= 15 is 0 Å². The van der Waals surface area contributed by atoms with E-state index in [-0.39, 0.29) is 18.1 Å². The van der Waals surface area contributed by atoms with Gasteiger partial charge in [0.1, 0.15) is 5.60 Å². The van der Waals surface area contributed by atoms with E-state index in [1.54, 1.807) is 4.90 Å². The number of rotatable bonds is 2. The summed E-state index contributed by atoms with van der Waals surface area (Å²) < 4.78 is 33.0. The predicted octanol–water partition coefficient (Wildman–Crippen LogP) is 1.61. The fraction of sp³-hybridized carbons (Fsp3) is 0.923. The van der Waals surface area contributed by atoms with Crippen LogP contribution < -0.4 is 0 Å². The molecule has 1 heterocycles. The Morgan fingerprint density at radius 1 is 1.20 bits per heavy atom. The first-order chi connectivity index (χ1) is 9.05. The van der Waals surface area contributed by atoms with Gasteiger partial charge in [0.05, 0.1) is 12.4 Å². The van der Waals surface area contributed by atoms with Crippen molar-refractivity contribution in [3.8, 4) is 0 Å². The minimum atomic E-state index is -3.45. The number of nitrogens with zero attached hydrogens (tertiary/aromatic N) is 1. The summed E-state index contributed by atoms with van der Waals surface area (Å²) in [5.74, 6) is 0.409. The van der Waals surface area contributed by atoms with E-state index in [9.17, 15) is 13.2 Å². The number of carbonyl (C=O) groups is 1. The molecule has 0 aromatic heterocycles. The summed E-state index contributed by atoms with van der Waals surface area (Å²) in [6.07, 6.45) is 2.07. The number of hydrogen-bond donors (Lipinski definition) is 0. The molecule has 0 radical (unpaired) electrons. The lowest BCUT2D eigenvalue weighted by atomic mass is 10.00. The van der Waals surface area contributed by atoms with Gasteiger partial charge in [0, 0.05) is 19.0 Å². The second-order valence-corrected chi connectivity index (χ2v) is 8.33. The number of fused-ring (bicyclic) bond motifs is 1. The average Bonchev–Trinajstić information content (AvgIpc) is 2.75. The van der Waals surface area contributed by atoms with Crippen molar-refractivity contribution < 1.29 is 22.1 Å². The van der Waals surface area contributed by atoms with Crippen molar-refractivity contribution >= 4 is 16.2 Å². The number of hydrogen-bond acceptors (Lipinski definition) is 5. The summed E-state index contributed by atoms with van der Waals surface area (Å²) >= 11 is 0. The van der Waals surface area contributed by atoms with Gasteiger partial charge in [0.25, 0.3) is 10.1 Å². The van der Waals surface area contributed by atoms with E-state index in [0.717, 1.165) is 19.1 Å². The van der Waals surface area contributed by atoms with E-state index in [0.29, 0.717) is 19.0 Å². The Balaban J connectivity index is 1.97. The van der Waals surface area contributed by atoms with E-state index in [4.69, 9.17) is 8.92 Å². The Bertz CT molecular complexity index is 481. The fourth-order valence-electron chi connectivity index (χ4n) is 3.04. The van der Waals surface area contributed by atoms with Gasteiger partial charge in [0.2, 0.25) is 0 Å². The molecule has 1 saturated carbocycles. The second-order valence-electron chi connectivity index (χ2n) is 6.73. The number of carbonyl (C=O) groups excluding carboxylic acids is 1. The normalized spacial score (nSPS) is 30.4. The summed E-state index contributed by atoms with van der Waals surface area (Å²) in [6, 6.07) is 0. The Labute approximate surface area is 120 Å². The molecule has 0 N–H and O–H groups in total. The van der Waals surface area contributed by atoms with Crippen LogP contribution in [-0.2, 0) is 19.0 Å². The third-order valence-corrected chi connectivity index (χ3v) is 4.34. The molecule has 0 unspecified atom stereocenters. The lowest BCUT2D eigenvalue weighted by Gasteiger charge is -2.25. The summed E-state index contributed by atoms with van der Waals surface area (Å²) in [5.41, 5.74) is -0.516. The third-order valence-electron chi connectivity index (χ3n) is 3.74. The van der Waals surface area contributed by atoms with Crippen LogP contribution in [-0.4, -0.2) is 50.5 Å². The quantitative estimate of drug-likeness (QED) is 0.725. The molecular weight excluding hydrogens is 282 g/mol. The zero-order valence-corrected chi connectivity index (χ0v) is 13.3. The topological polar surface area (TPSA) is 72.9 Å². The SMILES string of the molecule is CC(C)(C)OC(=O)N1C[C@@H]2CC[C@H](OS(C)(=O)=O)[C@@H]2C1. The molecule has 7 heteroatoms. The molecule has 2 rings (SSSR count). The molecule has 2 fully saturated rings. The zero-order chi connectivity index (χ0) is 15.1. The first kappa shape index (κ1) is 15.6. The third kappa shape index (κ3) is 3.85. The van der Waals surface area contributed by atoms with E-state index in [1.807, 2.05) is 20.8 Å². The molecule has 20 heavy (non-hydrogen) atoms. The number of likely N-dealkylation sites (tertiary alicyclic amines) is 1. The van der Waals surface area contributed by atoms with Gasteiger partial charge in [-0.1, -0.05) is 0 Å². The molecule has 1 aliphatic heterocycles. The van der Waals surface area contributed by atoms with Crippen LogP contribution >= 0.6 is 0 Å². The predicted molar refractivity (Wildman–Crippen MR) is 73.7 cm³/mol. The van der Waals surface area contributed by atoms with Gasteiger partial charge in [-0.25, -0.2) is 4.79 Å². The van der Waals surface area contributed by atoms with Crippen LogP contribution in [0.4, 0.5) is 4.79 Å². The molecule has 0 aromatic carbocycles. The first-order valence-electron chi connectivity index (χ1n) is 6.91. The Kier molecular flexibility index (Phi) is 4.03. The van der Waals surface area contributed by atoms with Crippen LogP contribution in [0.25, 0.3) is 0 Å². The smallest absolute Gasteiger partial charge is 0.410 e.